The van der Waals surface area contributed by atoms with Crippen molar-refractivity contribution in [3.8, 4) is 0 Å². The second-order valence-corrected chi connectivity index (χ2v) is 6.08. The summed E-state index contributed by atoms with van der Waals surface area (Å²) in [5.74, 6) is -1.96. The van der Waals surface area contributed by atoms with Gasteiger partial charge in [0.05, 0.1) is 5.02 Å². The Morgan fingerprint density at radius 1 is 1.33 bits per heavy atom. The lowest BCUT2D eigenvalue weighted by molar-refractivity contribution is -0.144. The third-order valence-corrected chi connectivity index (χ3v) is 3.48. The van der Waals surface area contributed by atoms with Crippen molar-refractivity contribution in [2.45, 2.75) is 39.3 Å². The molecule has 0 aromatic carbocycles. The van der Waals surface area contributed by atoms with Crippen molar-refractivity contribution in [3.63, 3.8) is 0 Å². The van der Waals surface area contributed by atoms with Gasteiger partial charge in [0.15, 0.2) is 0 Å². The van der Waals surface area contributed by atoms with Crippen LogP contribution in [0.4, 0.5) is 0 Å². The Labute approximate surface area is 127 Å². The fourth-order valence-corrected chi connectivity index (χ4v) is 2.00. The summed E-state index contributed by atoms with van der Waals surface area (Å²) in [7, 11) is 0. The summed E-state index contributed by atoms with van der Waals surface area (Å²) < 4.78 is 1.18. The minimum Gasteiger partial charge on any atom is -0.480 e. The number of aromatic nitrogens is 1. The fourth-order valence-electron chi connectivity index (χ4n) is 1.84. The van der Waals surface area contributed by atoms with E-state index in [1.807, 2.05) is 0 Å². The van der Waals surface area contributed by atoms with Crippen molar-refractivity contribution in [3.05, 3.63) is 33.7 Å². The van der Waals surface area contributed by atoms with Crippen LogP contribution in [0.1, 0.15) is 27.7 Å². The number of aliphatic carboxylic acids is 1. The Morgan fingerprint density at radius 2 is 1.90 bits per heavy atom. The summed E-state index contributed by atoms with van der Waals surface area (Å²) in [5.41, 5.74) is -1.65. The van der Waals surface area contributed by atoms with Crippen molar-refractivity contribution >= 4 is 23.5 Å². The van der Waals surface area contributed by atoms with Crippen molar-refractivity contribution in [1.82, 2.24) is 9.88 Å². The molecule has 2 N–H and O–H groups in total. The molecule has 1 aromatic rings. The fraction of sp³-hybridized carbons (Fsp3) is 0.500. The van der Waals surface area contributed by atoms with Crippen molar-refractivity contribution in [2.75, 3.05) is 0 Å². The van der Waals surface area contributed by atoms with E-state index in [2.05, 4.69) is 5.32 Å². The van der Waals surface area contributed by atoms with Gasteiger partial charge in [0, 0.05) is 12.3 Å². The van der Waals surface area contributed by atoms with Gasteiger partial charge in [-0.3, -0.25) is 14.2 Å². The molecule has 0 aliphatic heterocycles. The van der Waals surface area contributed by atoms with E-state index in [1.54, 1.807) is 13.8 Å². The third-order valence-electron chi connectivity index (χ3n) is 3.25. The maximum absolute atomic E-state index is 12.4. The number of carboxylic acid groups (broad SMARTS) is 1. The number of carboxylic acids is 1. The van der Waals surface area contributed by atoms with Crippen molar-refractivity contribution in [1.29, 1.82) is 0 Å². The molecule has 1 heterocycles. The molecule has 21 heavy (non-hydrogen) atoms. The van der Waals surface area contributed by atoms with Gasteiger partial charge in [-0.25, -0.2) is 4.79 Å². The highest BCUT2D eigenvalue weighted by Gasteiger charge is 2.34. The van der Waals surface area contributed by atoms with E-state index in [0.717, 1.165) is 0 Å². The zero-order valence-electron chi connectivity index (χ0n) is 12.4. The lowest BCUT2D eigenvalue weighted by Crippen LogP contribution is -2.54. The van der Waals surface area contributed by atoms with Crippen LogP contribution < -0.4 is 10.9 Å². The molecular formula is C14H19ClN2O4. The molecule has 1 amide bonds. The van der Waals surface area contributed by atoms with E-state index in [4.69, 9.17) is 16.7 Å². The number of hydrogen-bond donors (Lipinski definition) is 2. The third kappa shape index (κ3) is 3.85. The Hall–Kier alpha value is -1.82. The van der Waals surface area contributed by atoms with Gasteiger partial charge in [0.25, 0.3) is 5.56 Å². The van der Waals surface area contributed by atoms with Crippen LogP contribution in [0.25, 0.3) is 0 Å². The first-order valence-electron chi connectivity index (χ1n) is 6.50. The molecule has 7 heteroatoms. The lowest BCUT2D eigenvalue weighted by Gasteiger charge is -2.29. The summed E-state index contributed by atoms with van der Waals surface area (Å²) >= 11 is 5.85. The normalized spacial score (nSPS) is 13.0. The van der Waals surface area contributed by atoms with Gasteiger partial charge in [0.1, 0.15) is 11.6 Å². The molecule has 1 unspecified atom stereocenters. The quantitative estimate of drug-likeness (QED) is 0.861. The zero-order chi connectivity index (χ0) is 16.4. The number of amides is 1. The lowest BCUT2D eigenvalue weighted by atomic mass is 9.99. The molecule has 0 aliphatic carbocycles. The van der Waals surface area contributed by atoms with Crippen LogP contribution in [0.5, 0.6) is 0 Å². The minimum atomic E-state index is -1.26. The number of carbonyl (C=O) groups is 2. The maximum atomic E-state index is 12.4. The van der Waals surface area contributed by atoms with E-state index < -0.39 is 29.0 Å². The molecule has 0 bridgehead atoms. The number of carbonyl (C=O) groups excluding carboxylic acids is 1. The van der Waals surface area contributed by atoms with Crippen molar-refractivity contribution in [2.24, 2.45) is 5.92 Å². The average molecular weight is 315 g/mol. The maximum Gasteiger partial charge on any atom is 0.326 e. The standard InChI is InChI=1S/C14H19ClN2O4/c1-8(2)11(12(19)20)16-13(21)14(3,4)17-7-9(15)5-6-10(17)18/h5-8,11H,1-4H3,(H,16,21)(H,19,20). The number of nitrogens with one attached hydrogen (secondary N) is 1. The highest BCUT2D eigenvalue weighted by molar-refractivity contribution is 6.30. The number of rotatable bonds is 5. The molecule has 1 rings (SSSR count). The molecule has 0 fully saturated rings. The largest absolute Gasteiger partial charge is 0.480 e. The molecule has 1 atom stereocenters. The molecule has 6 nitrogen and oxygen atoms in total. The summed E-state index contributed by atoms with van der Waals surface area (Å²) in [5, 5.41) is 11.9. The second-order valence-electron chi connectivity index (χ2n) is 5.65. The zero-order valence-corrected chi connectivity index (χ0v) is 13.1. The molecule has 0 saturated carbocycles. The van der Waals surface area contributed by atoms with Crippen LogP contribution in [0.15, 0.2) is 23.1 Å². The van der Waals surface area contributed by atoms with E-state index >= 15 is 0 Å². The Kier molecular flexibility index (Phi) is 5.17. The molecular weight excluding hydrogens is 296 g/mol. The van der Waals surface area contributed by atoms with Crippen LogP contribution in [-0.4, -0.2) is 27.6 Å². The van der Waals surface area contributed by atoms with E-state index in [-0.39, 0.29) is 5.92 Å². The molecule has 0 spiro atoms. The highest BCUT2D eigenvalue weighted by atomic mass is 35.5. The average Bonchev–Trinajstić information content (AvgIpc) is 2.37. The second kappa shape index (κ2) is 6.30. The molecule has 0 saturated heterocycles. The number of halogens is 1. The first kappa shape index (κ1) is 17.2. The predicted octanol–water partition coefficient (Wildman–Crippen LogP) is 1.46. The van der Waals surface area contributed by atoms with Gasteiger partial charge in [-0.2, -0.15) is 0 Å². The van der Waals surface area contributed by atoms with Gasteiger partial charge in [-0.05, 0) is 25.8 Å². The predicted molar refractivity (Wildman–Crippen MR) is 79.4 cm³/mol. The van der Waals surface area contributed by atoms with Crippen LogP contribution in [0.3, 0.4) is 0 Å². The monoisotopic (exact) mass is 314 g/mol. The van der Waals surface area contributed by atoms with Crippen LogP contribution in [0.2, 0.25) is 5.02 Å². The van der Waals surface area contributed by atoms with E-state index in [1.165, 1.54) is 36.7 Å². The molecule has 116 valence electrons. The van der Waals surface area contributed by atoms with Gasteiger partial charge in [-0.1, -0.05) is 25.4 Å². The molecule has 1 aromatic heterocycles. The van der Waals surface area contributed by atoms with Gasteiger partial charge >= 0.3 is 5.97 Å². The van der Waals surface area contributed by atoms with Gasteiger partial charge in [0.2, 0.25) is 5.91 Å². The van der Waals surface area contributed by atoms with E-state index in [0.29, 0.717) is 5.02 Å². The highest BCUT2D eigenvalue weighted by Crippen LogP contribution is 2.17. The van der Waals surface area contributed by atoms with Crippen molar-refractivity contribution < 1.29 is 14.7 Å². The number of hydrogen-bond acceptors (Lipinski definition) is 3. The summed E-state index contributed by atoms with van der Waals surface area (Å²) in [6.07, 6.45) is 1.36. The first-order valence-corrected chi connectivity index (χ1v) is 6.87. The van der Waals surface area contributed by atoms with Crippen LogP contribution in [0, 0.1) is 5.92 Å². The SMILES string of the molecule is CC(C)C(NC(=O)C(C)(C)n1cc(Cl)ccc1=O)C(=O)O. The van der Waals surface area contributed by atoms with Gasteiger partial charge in [-0.15, -0.1) is 0 Å². The molecule has 0 radical (unpaired) electrons. The Morgan fingerprint density at radius 3 is 2.38 bits per heavy atom. The molecule has 0 aliphatic rings. The van der Waals surface area contributed by atoms with E-state index in [9.17, 15) is 14.4 Å². The Bertz CT molecular complexity index is 607. The van der Waals surface area contributed by atoms with Crippen LogP contribution >= 0.6 is 11.6 Å². The van der Waals surface area contributed by atoms with Crippen LogP contribution in [-0.2, 0) is 15.1 Å². The minimum absolute atomic E-state index is 0.279. The number of pyridine rings is 1. The summed E-state index contributed by atoms with van der Waals surface area (Å²) in [6, 6.07) is 1.67. The summed E-state index contributed by atoms with van der Waals surface area (Å²) in [4.78, 5) is 35.4. The summed E-state index contributed by atoms with van der Waals surface area (Å²) in [6.45, 7) is 6.44. The smallest absolute Gasteiger partial charge is 0.326 e. The van der Waals surface area contributed by atoms with Gasteiger partial charge < -0.3 is 10.4 Å². The first-order chi connectivity index (χ1) is 9.57. The topological polar surface area (TPSA) is 88.4 Å². The number of nitrogens with zero attached hydrogens (tertiary/aromatic N) is 1. The Balaban J connectivity index is 3.12.